The third-order valence-electron chi connectivity index (χ3n) is 3.61. The second-order valence-corrected chi connectivity index (χ2v) is 7.35. The summed E-state index contributed by atoms with van der Waals surface area (Å²) in [7, 11) is -3.27. The van der Waals surface area contributed by atoms with E-state index in [0.29, 0.717) is 25.1 Å². The number of rotatable bonds is 4. The van der Waals surface area contributed by atoms with Crippen molar-refractivity contribution >= 4 is 21.6 Å². The fourth-order valence-electron chi connectivity index (χ4n) is 2.40. The second kappa shape index (κ2) is 6.53. The largest absolute Gasteiger partial charge is 0.326 e. The van der Waals surface area contributed by atoms with Crippen molar-refractivity contribution in [2.45, 2.75) is 19.8 Å². The van der Waals surface area contributed by atoms with Gasteiger partial charge in [-0.05, 0) is 38.0 Å². The fourth-order valence-corrected chi connectivity index (χ4v) is 3.58. The predicted octanol–water partition coefficient (Wildman–Crippen LogP) is 1.83. The molecule has 0 saturated carbocycles. The Morgan fingerprint density at radius 1 is 1.48 bits per heavy atom. The van der Waals surface area contributed by atoms with Crippen molar-refractivity contribution in [1.82, 2.24) is 4.31 Å². The molecule has 116 valence electrons. The van der Waals surface area contributed by atoms with Crippen LogP contribution in [0.15, 0.2) is 24.3 Å². The van der Waals surface area contributed by atoms with Crippen LogP contribution < -0.4 is 5.32 Å². The second-order valence-electron chi connectivity index (χ2n) is 5.10. The number of hydrogen-bond acceptors (Lipinski definition) is 3. The molecule has 0 spiro atoms. The van der Waals surface area contributed by atoms with Crippen molar-refractivity contribution in [3.05, 3.63) is 30.1 Å². The molecule has 0 bridgehead atoms. The molecule has 1 N–H and O–H groups in total. The monoisotopic (exact) mass is 314 g/mol. The summed E-state index contributed by atoms with van der Waals surface area (Å²) in [5.74, 6) is -1.06. The highest BCUT2D eigenvalue weighted by molar-refractivity contribution is 7.89. The number of halogens is 1. The van der Waals surface area contributed by atoms with Gasteiger partial charge in [0.15, 0.2) is 0 Å². The van der Waals surface area contributed by atoms with E-state index in [9.17, 15) is 17.6 Å². The van der Waals surface area contributed by atoms with Crippen molar-refractivity contribution < 1.29 is 17.6 Å². The van der Waals surface area contributed by atoms with E-state index in [0.717, 1.165) is 0 Å². The Labute approximate surface area is 124 Å². The minimum atomic E-state index is -3.27. The van der Waals surface area contributed by atoms with Crippen LogP contribution in [0.1, 0.15) is 19.8 Å². The molecule has 1 amide bonds. The third-order valence-corrected chi connectivity index (χ3v) is 5.45. The van der Waals surface area contributed by atoms with E-state index in [-0.39, 0.29) is 18.2 Å². The van der Waals surface area contributed by atoms with E-state index < -0.39 is 21.8 Å². The summed E-state index contributed by atoms with van der Waals surface area (Å²) in [4.78, 5) is 12.2. The van der Waals surface area contributed by atoms with Crippen molar-refractivity contribution in [1.29, 1.82) is 0 Å². The van der Waals surface area contributed by atoms with Crippen LogP contribution in [0, 0.1) is 11.7 Å². The number of hydrogen-bond donors (Lipinski definition) is 1. The van der Waals surface area contributed by atoms with Gasteiger partial charge in [-0.15, -0.1) is 0 Å². The van der Waals surface area contributed by atoms with Crippen LogP contribution in [-0.4, -0.2) is 37.5 Å². The summed E-state index contributed by atoms with van der Waals surface area (Å²) in [5, 5.41) is 2.64. The molecule has 0 aliphatic carbocycles. The van der Waals surface area contributed by atoms with Gasteiger partial charge in [-0.2, -0.15) is 0 Å². The molecular weight excluding hydrogens is 295 g/mol. The maximum atomic E-state index is 13.1. The SMILES string of the molecule is CCS(=O)(=O)N1CCC[C@@H](C(=O)Nc2cccc(F)c2)C1. The minimum Gasteiger partial charge on any atom is -0.326 e. The van der Waals surface area contributed by atoms with Crippen molar-refractivity contribution in [3.8, 4) is 0 Å². The summed E-state index contributed by atoms with van der Waals surface area (Å²) in [6.45, 7) is 2.24. The molecule has 1 saturated heterocycles. The zero-order valence-electron chi connectivity index (χ0n) is 11.9. The smallest absolute Gasteiger partial charge is 0.228 e. The standard InChI is InChI=1S/C14H19FN2O3S/c1-2-21(19,20)17-8-4-5-11(10-17)14(18)16-13-7-3-6-12(15)9-13/h3,6-7,9,11H,2,4-5,8,10H2,1H3,(H,16,18)/t11-/m1/s1. The summed E-state index contributed by atoms with van der Waals surface area (Å²) in [6.07, 6.45) is 1.29. The fraction of sp³-hybridized carbons (Fsp3) is 0.500. The Bertz CT molecular complexity index is 618. The first kappa shape index (κ1) is 15.9. The third kappa shape index (κ3) is 4.01. The van der Waals surface area contributed by atoms with Crippen LogP contribution in [0.5, 0.6) is 0 Å². The number of benzene rings is 1. The van der Waals surface area contributed by atoms with Crippen molar-refractivity contribution in [3.63, 3.8) is 0 Å². The molecule has 0 radical (unpaired) electrons. The highest BCUT2D eigenvalue weighted by Gasteiger charge is 2.31. The maximum absolute atomic E-state index is 13.1. The number of piperidine rings is 1. The predicted molar refractivity (Wildman–Crippen MR) is 78.8 cm³/mol. The van der Waals surface area contributed by atoms with Gasteiger partial charge >= 0.3 is 0 Å². The number of carbonyl (C=O) groups is 1. The first-order valence-electron chi connectivity index (χ1n) is 6.96. The van der Waals surface area contributed by atoms with E-state index in [1.807, 2.05) is 0 Å². The highest BCUT2D eigenvalue weighted by Crippen LogP contribution is 2.21. The van der Waals surface area contributed by atoms with Crippen LogP contribution >= 0.6 is 0 Å². The Morgan fingerprint density at radius 3 is 2.90 bits per heavy atom. The summed E-state index contributed by atoms with van der Waals surface area (Å²) in [6, 6.07) is 5.65. The van der Waals surface area contributed by atoms with Gasteiger partial charge in [0.2, 0.25) is 15.9 Å². The van der Waals surface area contributed by atoms with Crippen LogP contribution in [0.3, 0.4) is 0 Å². The quantitative estimate of drug-likeness (QED) is 0.922. The van der Waals surface area contributed by atoms with Gasteiger partial charge < -0.3 is 5.32 Å². The molecule has 7 heteroatoms. The van der Waals surface area contributed by atoms with E-state index in [1.165, 1.54) is 22.5 Å². The van der Waals surface area contributed by atoms with E-state index in [4.69, 9.17) is 0 Å². The number of carbonyl (C=O) groups excluding carboxylic acids is 1. The topological polar surface area (TPSA) is 66.5 Å². The van der Waals surface area contributed by atoms with Crippen molar-refractivity contribution in [2.24, 2.45) is 5.92 Å². The van der Waals surface area contributed by atoms with Gasteiger partial charge in [-0.3, -0.25) is 4.79 Å². The molecule has 0 aromatic heterocycles. The Morgan fingerprint density at radius 2 is 2.24 bits per heavy atom. The summed E-state index contributed by atoms with van der Waals surface area (Å²) < 4.78 is 38.2. The average molecular weight is 314 g/mol. The van der Waals surface area contributed by atoms with Gasteiger partial charge in [0.05, 0.1) is 11.7 Å². The lowest BCUT2D eigenvalue weighted by Gasteiger charge is -2.30. The van der Waals surface area contributed by atoms with Gasteiger partial charge in [-0.1, -0.05) is 6.07 Å². The number of nitrogens with zero attached hydrogens (tertiary/aromatic N) is 1. The van der Waals surface area contributed by atoms with Gasteiger partial charge in [0.1, 0.15) is 5.82 Å². The minimum absolute atomic E-state index is 0.0330. The Kier molecular flexibility index (Phi) is 4.95. The first-order valence-corrected chi connectivity index (χ1v) is 8.57. The Hall–Kier alpha value is -1.47. The highest BCUT2D eigenvalue weighted by atomic mass is 32.2. The molecule has 1 aliphatic heterocycles. The van der Waals surface area contributed by atoms with Crippen LogP contribution in [0.2, 0.25) is 0 Å². The van der Waals surface area contributed by atoms with E-state index >= 15 is 0 Å². The lowest BCUT2D eigenvalue weighted by molar-refractivity contribution is -0.120. The summed E-state index contributed by atoms with van der Waals surface area (Å²) >= 11 is 0. The van der Waals surface area contributed by atoms with E-state index in [1.54, 1.807) is 13.0 Å². The molecule has 1 aromatic rings. The van der Waals surface area contributed by atoms with Gasteiger partial charge in [0.25, 0.3) is 0 Å². The number of anilines is 1. The van der Waals surface area contributed by atoms with Gasteiger partial charge in [0, 0.05) is 18.8 Å². The molecule has 5 nitrogen and oxygen atoms in total. The molecule has 1 aromatic carbocycles. The lowest BCUT2D eigenvalue weighted by atomic mass is 9.99. The van der Waals surface area contributed by atoms with Crippen molar-refractivity contribution in [2.75, 3.05) is 24.2 Å². The zero-order chi connectivity index (χ0) is 15.5. The van der Waals surface area contributed by atoms with Gasteiger partial charge in [-0.25, -0.2) is 17.1 Å². The molecule has 0 unspecified atom stereocenters. The lowest BCUT2D eigenvalue weighted by Crippen LogP contribution is -2.44. The average Bonchev–Trinajstić information content (AvgIpc) is 2.47. The normalized spacial score (nSPS) is 20.2. The number of amides is 1. The van der Waals surface area contributed by atoms with E-state index in [2.05, 4.69) is 5.32 Å². The van der Waals surface area contributed by atoms with Crippen LogP contribution in [0.4, 0.5) is 10.1 Å². The molecule has 1 heterocycles. The molecule has 1 atom stereocenters. The zero-order valence-corrected chi connectivity index (χ0v) is 12.7. The molecular formula is C14H19FN2O3S. The van der Waals surface area contributed by atoms with Crippen LogP contribution in [0.25, 0.3) is 0 Å². The Balaban J connectivity index is 2.02. The molecule has 2 rings (SSSR count). The van der Waals surface area contributed by atoms with Crippen LogP contribution in [-0.2, 0) is 14.8 Å². The summed E-state index contributed by atoms with van der Waals surface area (Å²) in [5.41, 5.74) is 0.385. The molecule has 1 aliphatic rings. The first-order chi connectivity index (χ1) is 9.92. The maximum Gasteiger partial charge on any atom is 0.228 e. The number of sulfonamides is 1. The number of nitrogens with one attached hydrogen (secondary N) is 1. The molecule has 1 fully saturated rings. The molecule has 21 heavy (non-hydrogen) atoms.